The van der Waals surface area contributed by atoms with Gasteiger partial charge in [0.1, 0.15) is 0 Å². The van der Waals surface area contributed by atoms with Crippen LogP contribution in [0, 0.1) is 6.92 Å². The van der Waals surface area contributed by atoms with Gasteiger partial charge in [-0.1, -0.05) is 18.2 Å². The van der Waals surface area contributed by atoms with Crippen LogP contribution in [0.25, 0.3) is 0 Å². The first kappa shape index (κ1) is 11.6. The Balaban J connectivity index is 1.97. The maximum atomic E-state index is 12.3. The van der Waals surface area contributed by atoms with Crippen molar-refractivity contribution in [1.29, 1.82) is 0 Å². The number of nitrogens with zero attached hydrogens (tertiary/aromatic N) is 2. The van der Waals surface area contributed by atoms with Crippen molar-refractivity contribution >= 4 is 11.8 Å². The largest absolute Gasteiger partial charge is 0.269 e. The second-order valence-electron chi connectivity index (χ2n) is 4.51. The van der Waals surface area contributed by atoms with Crippen LogP contribution in [0.15, 0.2) is 42.6 Å². The third kappa shape index (κ3) is 1.81. The summed E-state index contributed by atoms with van der Waals surface area (Å²) < 4.78 is 0. The van der Waals surface area contributed by atoms with Crippen LogP contribution < -0.4 is 0 Å². The zero-order valence-electron chi connectivity index (χ0n) is 10.5. The lowest BCUT2D eigenvalue weighted by atomic mass is 10.0. The second kappa shape index (κ2) is 4.31. The first-order valence-corrected chi connectivity index (χ1v) is 6.04. The van der Waals surface area contributed by atoms with E-state index in [2.05, 4.69) is 4.98 Å². The van der Waals surface area contributed by atoms with E-state index in [9.17, 15) is 9.59 Å². The second-order valence-corrected chi connectivity index (χ2v) is 4.51. The normalized spacial score (nSPS) is 13.8. The van der Waals surface area contributed by atoms with Gasteiger partial charge >= 0.3 is 0 Å². The van der Waals surface area contributed by atoms with Crippen molar-refractivity contribution in [3.8, 4) is 0 Å². The quantitative estimate of drug-likeness (QED) is 0.770. The Labute approximate surface area is 110 Å². The van der Waals surface area contributed by atoms with Crippen LogP contribution in [0.3, 0.4) is 0 Å². The van der Waals surface area contributed by atoms with Crippen molar-refractivity contribution in [2.24, 2.45) is 0 Å². The standard InChI is InChI=1S/C15H12N2O2/c1-10-5-4-7-12-13(10)15(19)17(14(12)18)9-11-6-2-3-8-16-11/h2-8H,9H2,1H3. The Hall–Kier alpha value is -2.49. The number of carbonyl (C=O) groups excluding carboxylic acids is 2. The highest BCUT2D eigenvalue weighted by atomic mass is 16.2. The summed E-state index contributed by atoms with van der Waals surface area (Å²) >= 11 is 0. The van der Waals surface area contributed by atoms with Crippen LogP contribution >= 0.6 is 0 Å². The number of aryl methyl sites for hydroxylation is 1. The Morgan fingerprint density at radius 3 is 2.58 bits per heavy atom. The summed E-state index contributed by atoms with van der Waals surface area (Å²) in [5.41, 5.74) is 2.54. The average molecular weight is 252 g/mol. The van der Waals surface area contributed by atoms with E-state index in [1.54, 1.807) is 30.5 Å². The lowest BCUT2D eigenvalue weighted by Gasteiger charge is -2.12. The predicted octanol–water partition coefficient (Wildman–Crippen LogP) is 2.19. The highest BCUT2D eigenvalue weighted by Crippen LogP contribution is 2.26. The van der Waals surface area contributed by atoms with Crippen LogP contribution in [-0.4, -0.2) is 21.7 Å². The summed E-state index contributed by atoms with van der Waals surface area (Å²) in [5, 5.41) is 0. The third-order valence-corrected chi connectivity index (χ3v) is 3.25. The molecule has 1 aliphatic heterocycles. The first-order valence-electron chi connectivity index (χ1n) is 6.04. The number of carbonyl (C=O) groups is 2. The molecule has 3 rings (SSSR count). The fourth-order valence-electron chi connectivity index (χ4n) is 2.30. The molecular formula is C15H12N2O2. The van der Waals surface area contributed by atoms with Crippen LogP contribution in [-0.2, 0) is 6.54 Å². The first-order chi connectivity index (χ1) is 9.18. The van der Waals surface area contributed by atoms with Crippen LogP contribution in [0.2, 0.25) is 0 Å². The Morgan fingerprint density at radius 2 is 1.89 bits per heavy atom. The summed E-state index contributed by atoms with van der Waals surface area (Å²) in [7, 11) is 0. The van der Waals surface area contributed by atoms with Gasteiger partial charge in [-0.2, -0.15) is 0 Å². The smallest absolute Gasteiger partial charge is 0.262 e. The monoisotopic (exact) mass is 252 g/mol. The topological polar surface area (TPSA) is 50.3 Å². The minimum absolute atomic E-state index is 0.215. The SMILES string of the molecule is Cc1cccc2c1C(=O)N(Cc1ccccn1)C2=O. The van der Waals surface area contributed by atoms with Crippen molar-refractivity contribution in [2.75, 3.05) is 0 Å². The van der Waals surface area contributed by atoms with Gasteiger partial charge in [0, 0.05) is 6.20 Å². The van der Waals surface area contributed by atoms with Gasteiger partial charge < -0.3 is 0 Å². The number of rotatable bonds is 2. The third-order valence-electron chi connectivity index (χ3n) is 3.25. The molecule has 0 spiro atoms. The maximum Gasteiger partial charge on any atom is 0.262 e. The zero-order chi connectivity index (χ0) is 13.4. The minimum Gasteiger partial charge on any atom is -0.269 e. The molecule has 0 atom stereocenters. The molecule has 1 aromatic heterocycles. The fourth-order valence-corrected chi connectivity index (χ4v) is 2.30. The van der Waals surface area contributed by atoms with E-state index in [1.807, 2.05) is 19.1 Å². The fraction of sp³-hybridized carbons (Fsp3) is 0.133. The summed E-state index contributed by atoms with van der Waals surface area (Å²) in [6.45, 7) is 2.06. The van der Waals surface area contributed by atoms with E-state index >= 15 is 0 Å². The molecule has 94 valence electrons. The molecule has 19 heavy (non-hydrogen) atoms. The van der Waals surface area contributed by atoms with E-state index in [1.165, 1.54) is 4.90 Å². The van der Waals surface area contributed by atoms with Crippen LogP contribution in [0.4, 0.5) is 0 Å². The summed E-state index contributed by atoms with van der Waals surface area (Å²) in [5.74, 6) is -0.474. The molecule has 0 radical (unpaired) electrons. The molecule has 0 N–H and O–H groups in total. The van der Waals surface area contributed by atoms with Crippen molar-refractivity contribution in [2.45, 2.75) is 13.5 Å². The highest BCUT2D eigenvalue weighted by Gasteiger charge is 2.36. The lowest BCUT2D eigenvalue weighted by molar-refractivity contribution is 0.0640. The average Bonchev–Trinajstić information content (AvgIpc) is 2.66. The highest BCUT2D eigenvalue weighted by molar-refractivity contribution is 6.21. The molecule has 4 nitrogen and oxygen atoms in total. The Kier molecular flexibility index (Phi) is 2.63. The number of pyridine rings is 1. The molecule has 1 aliphatic rings. The van der Waals surface area contributed by atoms with Crippen molar-refractivity contribution < 1.29 is 9.59 Å². The summed E-state index contributed by atoms with van der Waals surface area (Å²) in [6, 6.07) is 10.8. The number of fused-ring (bicyclic) bond motifs is 1. The van der Waals surface area contributed by atoms with E-state index in [0.29, 0.717) is 16.8 Å². The predicted molar refractivity (Wildman–Crippen MR) is 69.6 cm³/mol. The Morgan fingerprint density at radius 1 is 1.05 bits per heavy atom. The molecule has 2 aromatic rings. The minimum atomic E-state index is -0.241. The van der Waals surface area contributed by atoms with Crippen LogP contribution in [0.5, 0.6) is 0 Å². The number of hydrogen-bond acceptors (Lipinski definition) is 3. The molecule has 2 amide bonds. The molecule has 0 bridgehead atoms. The molecule has 4 heteroatoms. The van der Waals surface area contributed by atoms with Gasteiger partial charge in [-0.15, -0.1) is 0 Å². The maximum absolute atomic E-state index is 12.3. The number of hydrogen-bond donors (Lipinski definition) is 0. The summed E-state index contributed by atoms with van der Waals surface area (Å²) in [4.78, 5) is 30.0. The Bertz CT molecular complexity index is 665. The van der Waals surface area contributed by atoms with E-state index < -0.39 is 0 Å². The molecule has 0 saturated carbocycles. The number of benzene rings is 1. The number of imide groups is 1. The van der Waals surface area contributed by atoms with E-state index in [-0.39, 0.29) is 18.4 Å². The van der Waals surface area contributed by atoms with Crippen molar-refractivity contribution in [1.82, 2.24) is 9.88 Å². The van der Waals surface area contributed by atoms with Gasteiger partial charge in [0.2, 0.25) is 0 Å². The van der Waals surface area contributed by atoms with Gasteiger partial charge in [-0.3, -0.25) is 19.5 Å². The van der Waals surface area contributed by atoms with Crippen LogP contribution in [0.1, 0.15) is 32.0 Å². The van der Waals surface area contributed by atoms with Gasteiger partial charge in [0.05, 0.1) is 23.4 Å². The van der Waals surface area contributed by atoms with Gasteiger partial charge in [-0.25, -0.2) is 0 Å². The van der Waals surface area contributed by atoms with Gasteiger partial charge in [0.15, 0.2) is 0 Å². The molecule has 0 saturated heterocycles. The van der Waals surface area contributed by atoms with E-state index in [4.69, 9.17) is 0 Å². The van der Waals surface area contributed by atoms with Gasteiger partial charge in [-0.05, 0) is 30.7 Å². The molecule has 0 aliphatic carbocycles. The van der Waals surface area contributed by atoms with Gasteiger partial charge in [0.25, 0.3) is 11.8 Å². The lowest BCUT2D eigenvalue weighted by Crippen LogP contribution is -2.29. The van der Waals surface area contributed by atoms with E-state index in [0.717, 1.165) is 5.56 Å². The van der Waals surface area contributed by atoms with Crippen molar-refractivity contribution in [3.63, 3.8) is 0 Å². The molecule has 2 heterocycles. The molecule has 0 fully saturated rings. The molecule has 1 aromatic carbocycles. The molecule has 0 unspecified atom stereocenters. The molecular weight excluding hydrogens is 240 g/mol. The summed E-state index contributed by atoms with van der Waals surface area (Å²) in [6.07, 6.45) is 1.65. The van der Waals surface area contributed by atoms with Crippen molar-refractivity contribution in [3.05, 3.63) is 65.0 Å². The number of aromatic nitrogens is 1. The number of amides is 2. The zero-order valence-corrected chi connectivity index (χ0v) is 10.5.